The van der Waals surface area contributed by atoms with Gasteiger partial charge in [0.1, 0.15) is 0 Å². The zero-order chi connectivity index (χ0) is 19.8. The number of carbonyl (C=O) groups excluding carboxylic acids is 1. The molecule has 0 aliphatic heterocycles. The lowest BCUT2D eigenvalue weighted by molar-refractivity contribution is -0.122. The molecular formula is C20H24F2N2O3. The molecule has 0 aliphatic carbocycles. The number of nitrogens with zero attached hydrogens (tertiary/aromatic N) is 1. The predicted molar refractivity (Wildman–Crippen MR) is 99.0 cm³/mol. The van der Waals surface area contributed by atoms with Crippen LogP contribution in [0.3, 0.4) is 0 Å². The van der Waals surface area contributed by atoms with Crippen LogP contribution in [0.1, 0.15) is 16.7 Å². The lowest BCUT2D eigenvalue weighted by atomic mass is 10.1. The Morgan fingerprint density at radius 3 is 2.41 bits per heavy atom. The molecule has 0 heterocycles. The average Bonchev–Trinajstić information content (AvgIpc) is 2.62. The molecule has 0 aliphatic rings. The standard InChI is InChI=1S/C20H24F2N2O3/c1-14-4-6-15(7-5-14)12-24(2)13-19(25)23-11-16-8-9-17(27-20(21)22)18(10-16)26-3/h4-10,20H,11-13H2,1-3H3,(H,23,25). The van der Waals surface area contributed by atoms with Crippen LogP contribution in [0.15, 0.2) is 42.5 Å². The topological polar surface area (TPSA) is 50.8 Å². The van der Waals surface area contributed by atoms with Gasteiger partial charge in [-0.05, 0) is 37.2 Å². The van der Waals surface area contributed by atoms with Gasteiger partial charge in [0.25, 0.3) is 0 Å². The fourth-order valence-corrected chi connectivity index (χ4v) is 2.58. The van der Waals surface area contributed by atoms with E-state index >= 15 is 0 Å². The van der Waals surface area contributed by atoms with Gasteiger partial charge in [0.15, 0.2) is 11.5 Å². The number of likely N-dealkylation sites (N-methyl/N-ethyl adjacent to an activating group) is 1. The highest BCUT2D eigenvalue weighted by molar-refractivity contribution is 5.78. The van der Waals surface area contributed by atoms with Gasteiger partial charge in [0, 0.05) is 13.1 Å². The number of hydrogen-bond acceptors (Lipinski definition) is 4. The minimum absolute atomic E-state index is 0.0413. The molecule has 146 valence electrons. The monoisotopic (exact) mass is 378 g/mol. The van der Waals surface area contributed by atoms with Crippen LogP contribution < -0.4 is 14.8 Å². The summed E-state index contributed by atoms with van der Waals surface area (Å²) in [4.78, 5) is 14.0. The maximum Gasteiger partial charge on any atom is 0.387 e. The summed E-state index contributed by atoms with van der Waals surface area (Å²) in [7, 11) is 3.25. The normalized spacial score (nSPS) is 10.9. The molecule has 2 rings (SSSR count). The van der Waals surface area contributed by atoms with E-state index in [-0.39, 0.29) is 30.5 Å². The SMILES string of the molecule is COc1cc(CNC(=O)CN(C)Cc2ccc(C)cc2)ccc1OC(F)F. The Morgan fingerprint density at radius 1 is 1.11 bits per heavy atom. The summed E-state index contributed by atoms with van der Waals surface area (Å²) in [5.74, 6) is 0.0235. The van der Waals surface area contributed by atoms with Gasteiger partial charge in [-0.1, -0.05) is 35.9 Å². The Hall–Kier alpha value is -2.67. The molecule has 27 heavy (non-hydrogen) atoms. The number of ether oxygens (including phenoxy) is 2. The fourth-order valence-electron chi connectivity index (χ4n) is 2.58. The third-order valence-electron chi connectivity index (χ3n) is 3.92. The van der Waals surface area contributed by atoms with E-state index in [1.165, 1.54) is 18.7 Å². The van der Waals surface area contributed by atoms with Gasteiger partial charge in [-0.3, -0.25) is 9.69 Å². The van der Waals surface area contributed by atoms with Crippen molar-refractivity contribution in [1.82, 2.24) is 10.2 Å². The number of hydrogen-bond donors (Lipinski definition) is 1. The number of halogens is 2. The van der Waals surface area contributed by atoms with E-state index in [0.29, 0.717) is 6.54 Å². The number of benzene rings is 2. The number of aryl methyl sites for hydroxylation is 1. The van der Waals surface area contributed by atoms with Gasteiger partial charge < -0.3 is 14.8 Å². The first kappa shape index (κ1) is 20.6. The molecule has 1 amide bonds. The van der Waals surface area contributed by atoms with Gasteiger partial charge in [-0.2, -0.15) is 8.78 Å². The first-order valence-electron chi connectivity index (χ1n) is 8.50. The van der Waals surface area contributed by atoms with Crippen molar-refractivity contribution >= 4 is 5.91 Å². The largest absolute Gasteiger partial charge is 0.493 e. The molecular weight excluding hydrogens is 354 g/mol. The van der Waals surface area contributed by atoms with Gasteiger partial charge in [-0.15, -0.1) is 0 Å². The minimum Gasteiger partial charge on any atom is -0.493 e. The minimum atomic E-state index is -2.92. The molecule has 0 aromatic heterocycles. The van der Waals surface area contributed by atoms with Gasteiger partial charge in [0.05, 0.1) is 13.7 Å². The number of amides is 1. The molecule has 5 nitrogen and oxygen atoms in total. The van der Waals surface area contributed by atoms with Crippen molar-refractivity contribution in [3.63, 3.8) is 0 Å². The Kier molecular flexibility index (Phi) is 7.55. The maximum atomic E-state index is 12.3. The Balaban J connectivity index is 1.84. The van der Waals surface area contributed by atoms with Crippen LogP contribution in [0.25, 0.3) is 0 Å². The van der Waals surface area contributed by atoms with Crippen LogP contribution in [-0.2, 0) is 17.9 Å². The second-order valence-electron chi connectivity index (χ2n) is 6.30. The highest BCUT2D eigenvalue weighted by Crippen LogP contribution is 2.29. The maximum absolute atomic E-state index is 12.3. The van der Waals surface area contributed by atoms with Crippen molar-refractivity contribution < 1.29 is 23.0 Å². The number of rotatable bonds is 9. The lowest BCUT2D eigenvalue weighted by Crippen LogP contribution is -2.34. The van der Waals surface area contributed by atoms with E-state index in [4.69, 9.17) is 4.74 Å². The Labute approximate surface area is 157 Å². The Morgan fingerprint density at radius 2 is 1.78 bits per heavy atom. The third-order valence-corrected chi connectivity index (χ3v) is 3.92. The number of nitrogens with one attached hydrogen (secondary N) is 1. The second-order valence-corrected chi connectivity index (χ2v) is 6.30. The zero-order valence-electron chi connectivity index (χ0n) is 15.7. The van der Waals surface area contributed by atoms with Gasteiger partial charge in [0.2, 0.25) is 5.91 Å². The summed E-state index contributed by atoms with van der Waals surface area (Å²) in [5.41, 5.74) is 3.05. The fraction of sp³-hybridized carbons (Fsp3) is 0.350. The van der Waals surface area contributed by atoms with Crippen LogP contribution in [0, 0.1) is 6.92 Å². The molecule has 0 unspecified atom stereocenters. The van der Waals surface area contributed by atoms with Gasteiger partial charge >= 0.3 is 6.61 Å². The number of alkyl halides is 2. The summed E-state index contributed by atoms with van der Waals surface area (Å²) >= 11 is 0. The molecule has 0 radical (unpaired) electrons. The van der Waals surface area contributed by atoms with E-state index < -0.39 is 6.61 Å². The van der Waals surface area contributed by atoms with Crippen LogP contribution in [0.2, 0.25) is 0 Å². The summed E-state index contributed by atoms with van der Waals surface area (Å²) in [6.45, 7) is 0.289. The highest BCUT2D eigenvalue weighted by atomic mass is 19.3. The van der Waals surface area contributed by atoms with Crippen LogP contribution in [-0.4, -0.2) is 38.1 Å². The van der Waals surface area contributed by atoms with Crippen LogP contribution in [0.4, 0.5) is 8.78 Å². The van der Waals surface area contributed by atoms with Crippen LogP contribution in [0.5, 0.6) is 11.5 Å². The molecule has 2 aromatic rings. The van der Waals surface area contributed by atoms with Crippen molar-refractivity contribution in [1.29, 1.82) is 0 Å². The van der Waals surface area contributed by atoms with Crippen molar-refractivity contribution in [2.24, 2.45) is 0 Å². The summed E-state index contributed by atoms with van der Waals surface area (Å²) in [6.07, 6.45) is 0. The van der Waals surface area contributed by atoms with Crippen molar-refractivity contribution in [3.05, 3.63) is 59.2 Å². The van der Waals surface area contributed by atoms with Crippen molar-refractivity contribution in [3.8, 4) is 11.5 Å². The Bertz CT molecular complexity index is 751. The first-order chi connectivity index (χ1) is 12.9. The number of carbonyl (C=O) groups is 1. The molecule has 0 atom stereocenters. The molecule has 0 spiro atoms. The van der Waals surface area contributed by atoms with Gasteiger partial charge in [-0.25, -0.2) is 0 Å². The summed E-state index contributed by atoms with van der Waals surface area (Å²) < 4.78 is 34.1. The molecule has 0 saturated carbocycles. The van der Waals surface area contributed by atoms with Crippen molar-refractivity contribution in [2.45, 2.75) is 26.6 Å². The molecule has 0 saturated heterocycles. The second kappa shape index (κ2) is 9.87. The molecule has 0 fully saturated rings. The molecule has 0 bridgehead atoms. The quantitative estimate of drug-likeness (QED) is 0.727. The zero-order valence-corrected chi connectivity index (χ0v) is 15.7. The molecule has 2 aromatic carbocycles. The molecule has 7 heteroatoms. The number of methoxy groups -OCH3 is 1. The first-order valence-corrected chi connectivity index (χ1v) is 8.50. The van der Waals surface area contributed by atoms with E-state index in [0.717, 1.165) is 11.1 Å². The van der Waals surface area contributed by atoms with E-state index in [1.54, 1.807) is 12.1 Å². The average molecular weight is 378 g/mol. The predicted octanol–water partition coefficient (Wildman–Crippen LogP) is 3.35. The van der Waals surface area contributed by atoms with E-state index in [1.807, 2.05) is 43.1 Å². The van der Waals surface area contributed by atoms with E-state index in [2.05, 4.69) is 10.1 Å². The van der Waals surface area contributed by atoms with Crippen molar-refractivity contribution in [2.75, 3.05) is 20.7 Å². The summed E-state index contributed by atoms with van der Waals surface area (Å²) in [5, 5.41) is 2.81. The smallest absolute Gasteiger partial charge is 0.387 e. The van der Waals surface area contributed by atoms with Crippen LogP contribution >= 0.6 is 0 Å². The van der Waals surface area contributed by atoms with E-state index in [9.17, 15) is 13.6 Å². The highest BCUT2D eigenvalue weighted by Gasteiger charge is 2.12. The lowest BCUT2D eigenvalue weighted by Gasteiger charge is -2.17. The molecule has 1 N–H and O–H groups in total. The summed E-state index contributed by atoms with van der Waals surface area (Å²) in [6, 6.07) is 12.7. The third kappa shape index (κ3) is 6.86.